The van der Waals surface area contributed by atoms with Crippen LogP contribution in [0.25, 0.3) is 0 Å². The highest BCUT2D eigenvalue weighted by Gasteiger charge is 2.13. The molecule has 1 aromatic carbocycles. The Kier molecular flexibility index (Phi) is 4.74. The summed E-state index contributed by atoms with van der Waals surface area (Å²) in [7, 11) is 0. The minimum absolute atomic E-state index is 0.237. The first kappa shape index (κ1) is 13.8. The molecule has 0 saturated heterocycles. The van der Waals surface area contributed by atoms with E-state index in [1.807, 2.05) is 6.07 Å². The van der Waals surface area contributed by atoms with Crippen molar-refractivity contribution in [3.05, 3.63) is 29.6 Å². The first-order chi connectivity index (χ1) is 9.19. The average molecular weight is 264 g/mol. The molecule has 0 bridgehead atoms. The fourth-order valence-corrected chi connectivity index (χ4v) is 2.31. The summed E-state index contributed by atoms with van der Waals surface area (Å²) in [6.45, 7) is 1.73. The van der Waals surface area contributed by atoms with E-state index >= 15 is 0 Å². The Balaban J connectivity index is 2.05. The molecule has 0 unspecified atom stereocenters. The van der Waals surface area contributed by atoms with Gasteiger partial charge in [0.05, 0.1) is 6.04 Å². The molecule has 1 aromatic rings. The maximum atomic E-state index is 13.5. The number of anilines is 1. The van der Waals surface area contributed by atoms with Gasteiger partial charge in [-0.2, -0.15) is 0 Å². The van der Waals surface area contributed by atoms with E-state index in [0.29, 0.717) is 23.3 Å². The number of aliphatic imine (C=N–C) groups is 1. The summed E-state index contributed by atoms with van der Waals surface area (Å²) in [5.41, 5.74) is 3.82. The van der Waals surface area contributed by atoms with E-state index in [1.165, 1.54) is 25.3 Å². The Labute approximate surface area is 113 Å². The zero-order valence-corrected chi connectivity index (χ0v) is 11.2. The van der Waals surface area contributed by atoms with Gasteiger partial charge in [0.1, 0.15) is 5.82 Å². The predicted octanol–water partition coefficient (Wildman–Crippen LogP) is 2.70. The fourth-order valence-electron chi connectivity index (χ4n) is 2.31. The summed E-state index contributed by atoms with van der Waals surface area (Å²) in [5, 5.41) is 3.02. The number of aryl methyl sites for hydroxylation is 1. The number of hydrogen-bond acceptors (Lipinski definition) is 2. The number of nitrogens with two attached hydrogens (primary N) is 1. The fraction of sp³-hybridized carbons (Fsp3) is 0.500. The molecule has 19 heavy (non-hydrogen) atoms. The molecule has 1 aliphatic rings. The molecule has 1 saturated carbocycles. The smallest absolute Gasteiger partial charge is 0.210 e. The van der Waals surface area contributed by atoms with Gasteiger partial charge in [-0.05, 0) is 37.5 Å². The molecule has 2 rings (SSSR count). The van der Waals surface area contributed by atoms with Crippen LogP contribution in [-0.2, 0) is 0 Å². The number of nitrogens with one attached hydrogen (secondary N) is 2. The third kappa shape index (κ3) is 3.92. The van der Waals surface area contributed by atoms with Crippen LogP contribution >= 0.6 is 0 Å². The Morgan fingerprint density at radius 1 is 1.32 bits per heavy atom. The molecule has 0 heterocycles. The molecular weight excluding hydrogens is 243 g/mol. The van der Waals surface area contributed by atoms with Crippen LogP contribution in [0.2, 0.25) is 0 Å². The third-order valence-electron chi connectivity index (χ3n) is 3.46. The summed E-state index contributed by atoms with van der Waals surface area (Å²) < 4.78 is 13.5. The van der Waals surface area contributed by atoms with Gasteiger partial charge < -0.3 is 5.32 Å². The molecule has 0 aliphatic heterocycles. The van der Waals surface area contributed by atoms with Crippen LogP contribution in [-0.4, -0.2) is 12.0 Å². The SMILES string of the molecule is Cc1ccc(NC(=NC2CCCCC2)NN)cc1F. The normalized spacial score (nSPS) is 17.3. The van der Waals surface area contributed by atoms with Crippen molar-refractivity contribution in [2.45, 2.75) is 45.1 Å². The van der Waals surface area contributed by atoms with E-state index in [1.54, 1.807) is 13.0 Å². The monoisotopic (exact) mass is 264 g/mol. The van der Waals surface area contributed by atoms with Gasteiger partial charge in [0.15, 0.2) is 0 Å². The Morgan fingerprint density at radius 2 is 2.05 bits per heavy atom. The largest absolute Gasteiger partial charge is 0.325 e. The Bertz CT molecular complexity index is 453. The van der Waals surface area contributed by atoms with Crippen LogP contribution in [0.1, 0.15) is 37.7 Å². The molecular formula is C14H21FN4. The van der Waals surface area contributed by atoms with Crippen molar-refractivity contribution in [1.82, 2.24) is 5.43 Å². The minimum Gasteiger partial charge on any atom is -0.325 e. The van der Waals surface area contributed by atoms with Crippen LogP contribution in [0.5, 0.6) is 0 Å². The van der Waals surface area contributed by atoms with Crippen LogP contribution in [0.15, 0.2) is 23.2 Å². The summed E-state index contributed by atoms with van der Waals surface area (Å²) in [6, 6.07) is 5.30. The molecule has 0 radical (unpaired) electrons. The van der Waals surface area contributed by atoms with Gasteiger partial charge in [-0.15, -0.1) is 0 Å². The second-order valence-corrected chi connectivity index (χ2v) is 5.00. The van der Waals surface area contributed by atoms with E-state index in [4.69, 9.17) is 5.84 Å². The predicted molar refractivity (Wildman–Crippen MR) is 76.4 cm³/mol. The Morgan fingerprint density at radius 3 is 2.68 bits per heavy atom. The number of hydrazine groups is 1. The maximum absolute atomic E-state index is 13.5. The van der Waals surface area contributed by atoms with Crippen molar-refractivity contribution in [3.63, 3.8) is 0 Å². The number of hydrogen-bond donors (Lipinski definition) is 3. The van der Waals surface area contributed by atoms with Crippen LogP contribution in [0.4, 0.5) is 10.1 Å². The number of rotatable bonds is 2. The molecule has 4 N–H and O–H groups in total. The lowest BCUT2D eigenvalue weighted by Gasteiger charge is -2.19. The van der Waals surface area contributed by atoms with Gasteiger partial charge >= 0.3 is 0 Å². The molecule has 0 amide bonds. The molecule has 1 fully saturated rings. The second-order valence-electron chi connectivity index (χ2n) is 5.00. The lowest BCUT2D eigenvalue weighted by Crippen LogP contribution is -2.37. The number of guanidine groups is 1. The number of benzene rings is 1. The van der Waals surface area contributed by atoms with Crippen molar-refractivity contribution in [2.24, 2.45) is 10.8 Å². The zero-order valence-electron chi connectivity index (χ0n) is 11.2. The van der Waals surface area contributed by atoms with Crippen molar-refractivity contribution >= 4 is 11.6 Å². The number of halogens is 1. The van der Waals surface area contributed by atoms with E-state index in [2.05, 4.69) is 15.7 Å². The number of nitrogens with zero attached hydrogens (tertiary/aromatic N) is 1. The van der Waals surface area contributed by atoms with E-state index < -0.39 is 0 Å². The highest BCUT2D eigenvalue weighted by Crippen LogP contribution is 2.20. The Hall–Kier alpha value is -1.62. The molecule has 0 aromatic heterocycles. The lowest BCUT2D eigenvalue weighted by molar-refractivity contribution is 0.442. The molecule has 0 spiro atoms. The topological polar surface area (TPSA) is 62.4 Å². The van der Waals surface area contributed by atoms with E-state index in [-0.39, 0.29) is 5.82 Å². The summed E-state index contributed by atoms with van der Waals surface area (Å²) in [6.07, 6.45) is 5.90. The second kappa shape index (κ2) is 6.52. The van der Waals surface area contributed by atoms with Crippen LogP contribution in [0.3, 0.4) is 0 Å². The van der Waals surface area contributed by atoms with Gasteiger partial charge in [-0.3, -0.25) is 5.43 Å². The highest BCUT2D eigenvalue weighted by atomic mass is 19.1. The first-order valence-electron chi connectivity index (χ1n) is 6.76. The molecule has 0 atom stereocenters. The van der Waals surface area contributed by atoms with E-state index in [9.17, 15) is 4.39 Å². The van der Waals surface area contributed by atoms with Crippen LogP contribution in [0, 0.1) is 12.7 Å². The summed E-state index contributed by atoms with van der Waals surface area (Å²) in [4.78, 5) is 4.55. The zero-order chi connectivity index (χ0) is 13.7. The highest BCUT2D eigenvalue weighted by molar-refractivity contribution is 5.93. The van der Waals surface area contributed by atoms with Gasteiger partial charge in [-0.25, -0.2) is 15.2 Å². The maximum Gasteiger partial charge on any atom is 0.210 e. The van der Waals surface area contributed by atoms with Gasteiger partial charge in [0.25, 0.3) is 0 Å². The van der Waals surface area contributed by atoms with Gasteiger partial charge in [0, 0.05) is 5.69 Å². The average Bonchev–Trinajstić information content (AvgIpc) is 2.43. The third-order valence-corrected chi connectivity index (χ3v) is 3.46. The standard InChI is InChI=1S/C14H21FN4/c1-10-7-8-12(9-13(10)15)18-14(19-16)17-11-5-3-2-4-6-11/h7-9,11H,2-6,16H2,1H3,(H2,17,18,19). The molecule has 5 heteroatoms. The van der Waals surface area contributed by atoms with Gasteiger partial charge in [-0.1, -0.05) is 25.3 Å². The van der Waals surface area contributed by atoms with Crippen molar-refractivity contribution < 1.29 is 4.39 Å². The first-order valence-corrected chi connectivity index (χ1v) is 6.76. The molecule has 4 nitrogen and oxygen atoms in total. The summed E-state index contributed by atoms with van der Waals surface area (Å²) in [5.74, 6) is 5.73. The molecule has 104 valence electrons. The van der Waals surface area contributed by atoms with Crippen molar-refractivity contribution in [1.29, 1.82) is 0 Å². The quantitative estimate of drug-likeness (QED) is 0.333. The lowest BCUT2D eigenvalue weighted by atomic mass is 9.96. The van der Waals surface area contributed by atoms with Crippen molar-refractivity contribution in [2.75, 3.05) is 5.32 Å². The molecule has 1 aliphatic carbocycles. The van der Waals surface area contributed by atoms with Gasteiger partial charge in [0.2, 0.25) is 5.96 Å². The minimum atomic E-state index is -0.237. The van der Waals surface area contributed by atoms with Crippen LogP contribution < -0.4 is 16.6 Å². The van der Waals surface area contributed by atoms with Crippen molar-refractivity contribution in [3.8, 4) is 0 Å². The summed E-state index contributed by atoms with van der Waals surface area (Å²) >= 11 is 0. The van der Waals surface area contributed by atoms with E-state index in [0.717, 1.165) is 12.8 Å².